The second-order valence-corrected chi connectivity index (χ2v) is 6.55. The first-order chi connectivity index (χ1) is 10.2. The molecule has 0 atom stereocenters. The van der Waals surface area contributed by atoms with Gasteiger partial charge in [-0.3, -0.25) is 9.88 Å². The molecule has 1 aliphatic rings. The number of likely N-dealkylation sites (N-methyl/N-ethyl adjacent to an activating group) is 1. The molecular formula is C16H22FN3O2. The number of hydrogen-bond donors (Lipinski definition) is 1. The van der Waals surface area contributed by atoms with E-state index in [2.05, 4.69) is 9.88 Å². The zero-order valence-electron chi connectivity index (χ0n) is 13.4. The Morgan fingerprint density at radius 2 is 2.09 bits per heavy atom. The van der Waals surface area contributed by atoms with Crippen LogP contribution < -0.4 is 4.90 Å². The predicted molar refractivity (Wildman–Crippen MR) is 84.5 cm³/mol. The molecule has 1 aromatic rings. The minimum Gasteiger partial charge on any atom is -0.465 e. The second-order valence-electron chi connectivity index (χ2n) is 6.55. The number of amides is 1. The van der Waals surface area contributed by atoms with Crippen LogP contribution in [0.4, 0.5) is 14.9 Å². The van der Waals surface area contributed by atoms with Crippen molar-refractivity contribution in [3.63, 3.8) is 0 Å². The molecule has 0 radical (unpaired) electrons. The average Bonchev–Trinajstić information content (AvgIpc) is 2.38. The van der Waals surface area contributed by atoms with Crippen molar-refractivity contribution < 1.29 is 14.3 Å². The van der Waals surface area contributed by atoms with Crippen molar-refractivity contribution in [1.82, 2.24) is 9.88 Å². The number of nitrogens with zero attached hydrogens (tertiary/aromatic N) is 3. The second kappa shape index (κ2) is 6.04. The number of carbonyl (C=O) groups is 1. The fourth-order valence-corrected chi connectivity index (χ4v) is 2.66. The summed E-state index contributed by atoms with van der Waals surface area (Å²) >= 11 is 0. The molecule has 5 nitrogen and oxygen atoms in total. The molecule has 1 N–H and O–H groups in total. The van der Waals surface area contributed by atoms with Gasteiger partial charge in [-0.15, -0.1) is 0 Å². The van der Waals surface area contributed by atoms with Crippen molar-refractivity contribution in [2.75, 3.05) is 25.0 Å². The third-order valence-electron chi connectivity index (χ3n) is 3.72. The number of aromatic nitrogens is 1. The van der Waals surface area contributed by atoms with E-state index in [-0.39, 0.29) is 0 Å². The van der Waals surface area contributed by atoms with Gasteiger partial charge < -0.3 is 10.0 Å². The molecule has 22 heavy (non-hydrogen) atoms. The fraction of sp³-hybridized carbons (Fsp3) is 0.500. The summed E-state index contributed by atoms with van der Waals surface area (Å²) in [5.74, 6) is -0.483. The molecule has 1 aromatic heterocycles. The highest BCUT2D eigenvalue weighted by atomic mass is 19.1. The van der Waals surface area contributed by atoms with Gasteiger partial charge >= 0.3 is 6.09 Å². The topological polar surface area (TPSA) is 56.7 Å². The number of anilines is 1. The van der Waals surface area contributed by atoms with Gasteiger partial charge in [0.25, 0.3) is 0 Å². The molecule has 0 aliphatic carbocycles. The van der Waals surface area contributed by atoms with Crippen LogP contribution in [-0.4, -0.2) is 46.8 Å². The van der Waals surface area contributed by atoms with Crippen LogP contribution >= 0.6 is 0 Å². The molecule has 1 aliphatic heterocycles. The number of hydrogen-bond acceptors (Lipinski definition) is 3. The first kappa shape index (κ1) is 16.4. The maximum atomic E-state index is 14.4. The third-order valence-corrected chi connectivity index (χ3v) is 3.72. The highest BCUT2D eigenvalue weighted by Gasteiger charge is 2.32. The van der Waals surface area contributed by atoms with Crippen molar-refractivity contribution in [2.24, 2.45) is 0 Å². The molecule has 0 saturated carbocycles. The van der Waals surface area contributed by atoms with Gasteiger partial charge in [-0.25, -0.2) is 9.18 Å². The molecule has 1 amide bonds. The lowest BCUT2D eigenvalue weighted by molar-refractivity contribution is 0.195. The van der Waals surface area contributed by atoms with E-state index in [1.54, 1.807) is 20.8 Å². The standard InChI is InChI=1S/C16H22FN3O2/c1-16(2,3)20(15(21)22)13-10-18-9-12(17)14(13)11-5-7-19(4)8-6-11/h5,9-10H,6-8H2,1-4H3,(H,21,22). The summed E-state index contributed by atoms with van der Waals surface area (Å²) in [6, 6.07) is 0. The molecule has 0 bridgehead atoms. The first-order valence-corrected chi connectivity index (χ1v) is 7.26. The summed E-state index contributed by atoms with van der Waals surface area (Å²) in [6.07, 6.45) is 4.09. The zero-order chi connectivity index (χ0) is 16.5. The van der Waals surface area contributed by atoms with Gasteiger partial charge in [0.05, 0.1) is 18.1 Å². The maximum absolute atomic E-state index is 14.4. The van der Waals surface area contributed by atoms with Crippen LogP contribution in [0.5, 0.6) is 0 Å². The summed E-state index contributed by atoms with van der Waals surface area (Å²) in [6.45, 7) is 6.87. The molecule has 0 saturated heterocycles. The molecular weight excluding hydrogens is 285 g/mol. The van der Waals surface area contributed by atoms with E-state index >= 15 is 0 Å². The molecule has 120 valence electrons. The summed E-state index contributed by atoms with van der Waals surface area (Å²) in [4.78, 5) is 18.9. The number of carboxylic acid groups (broad SMARTS) is 1. The van der Waals surface area contributed by atoms with Crippen molar-refractivity contribution in [1.29, 1.82) is 0 Å². The minimum absolute atomic E-state index is 0.302. The Bertz CT molecular complexity index is 608. The lowest BCUT2D eigenvalue weighted by atomic mass is 9.96. The Hall–Kier alpha value is -1.95. The summed E-state index contributed by atoms with van der Waals surface area (Å²) in [7, 11) is 2.00. The van der Waals surface area contributed by atoms with Gasteiger partial charge in [-0.1, -0.05) is 6.08 Å². The molecule has 0 aromatic carbocycles. The predicted octanol–water partition coefficient (Wildman–Crippen LogP) is 3.22. The van der Waals surface area contributed by atoms with E-state index in [0.717, 1.165) is 24.9 Å². The normalized spacial score (nSPS) is 16.3. The Balaban J connectivity index is 2.58. The molecule has 0 spiro atoms. The molecule has 0 unspecified atom stereocenters. The zero-order valence-corrected chi connectivity index (χ0v) is 13.4. The highest BCUT2D eigenvalue weighted by Crippen LogP contribution is 2.35. The molecule has 6 heteroatoms. The Labute approximate surface area is 130 Å². The van der Waals surface area contributed by atoms with Crippen LogP contribution in [0.15, 0.2) is 18.5 Å². The van der Waals surface area contributed by atoms with Gasteiger partial charge in [0.15, 0.2) is 5.82 Å². The fourth-order valence-electron chi connectivity index (χ4n) is 2.66. The Morgan fingerprint density at radius 1 is 1.41 bits per heavy atom. The van der Waals surface area contributed by atoms with E-state index in [4.69, 9.17) is 0 Å². The van der Waals surface area contributed by atoms with E-state index in [0.29, 0.717) is 17.7 Å². The molecule has 2 rings (SSSR count). The van der Waals surface area contributed by atoms with Gasteiger partial charge in [-0.05, 0) is 39.8 Å². The number of pyridine rings is 1. The van der Waals surface area contributed by atoms with E-state index in [1.165, 1.54) is 11.1 Å². The van der Waals surface area contributed by atoms with Crippen molar-refractivity contribution in [3.05, 3.63) is 29.9 Å². The quantitative estimate of drug-likeness (QED) is 0.911. The van der Waals surface area contributed by atoms with Crippen LogP contribution in [0.1, 0.15) is 32.8 Å². The third kappa shape index (κ3) is 3.27. The lowest BCUT2D eigenvalue weighted by Gasteiger charge is -2.35. The molecule has 2 heterocycles. The Morgan fingerprint density at radius 3 is 2.59 bits per heavy atom. The van der Waals surface area contributed by atoms with Crippen molar-refractivity contribution in [3.8, 4) is 0 Å². The van der Waals surface area contributed by atoms with Gasteiger partial charge in [-0.2, -0.15) is 0 Å². The molecule has 0 fully saturated rings. The van der Waals surface area contributed by atoms with Crippen LogP contribution in [0.3, 0.4) is 0 Å². The lowest BCUT2D eigenvalue weighted by Crippen LogP contribution is -2.45. The Kier molecular flexibility index (Phi) is 4.51. The van der Waals surface area contributed by atoms with E-state index in [1.807, 2.05) is 13.1 Å². The van der Waals surface area contributed by atoms with Gasteiger partial charge in [0, 0.05) is 24.2 Å². The van der Waals surface area contributed by atoms with E-state index < -0.39 is 17.4 Å². The number of halogens is 1. The van der Waals surface area contributed by atoms with E-state index in [9.17, 15) is 14.3 Å². The minimum atomic E-state index is -1.12. The number of rotatable bonds is 2. The van der Waals surface area contributed by atoms with Crippen LogP contribution in [0, 0.1) is 5.82 Å². The van der Waals surface area contributed by atoms with Crippen LogP contribution in [-0.2, 0) is 0 Å². The van der Waals surface area contributed by atoms with Crippen molar-refractivity contribution >= 4 is 17.4 Å². The van der Waals surface area contributed by atoms with Crippen LogP contribution in [0.25, 0.3) is 5.57 Å². The van der Waals surface area contributed by atoms with Gasteiger partial charge in [0.2, 0.25) is 0 Å². The van der Waals surface area contributed by atoms with Crippen LogP contribution in [0.2, 0.25) is 0 Å². The van der Waals surface area contributed by atoms with Crippen molar-refractivity contribution in [2.45, 2.75) is 32.7 Å². The monoisotopic (exact) mass is 307 g/mol. The summed E-state index contributed by atoms with van der Waals surface area (Å²) in [5.41, 5.74) is 0.793. The first-order valence-electron chi connectivity index (χ1n) is 7.26. The summed E-state index contributed by atoms with van der Waals surface area (Å²) < 4.78 is 14.4. The SMILES string of the molecule is CN1CC=C(c2c(F)cncc2N(C(=O)O)C(C)(C)C)CC1. The average molecular weight is 307 g/mol. The smallest absolute Gasteiger partial charge is 0.412 e. The largest absolute Gasteiger partial charge is 0.465 e. The summed E-state index contributed by atoms with van der Waals surface area (Å²) in [5, 5.41) is 9.57. The highest BCUT2D eigenvalue weighted by molar-refractivity contribution is 5.92. The maximum Gasteiger partial charge on any atom is 0.412 e. The van der Waals surface area contributed by atoms with Gasteiger partial charge in [0.1, 0.15) is 0 Å².